The van der Waals surface area contributed by atoms with Crippen LogP contribution in [0.1, 0.15) is 47.0 Å². The van der Waals surface area contributed by atoms with E-state index in [1.165, 1.54) is 11.1 Å². The molecular formula is C16H22O. The quantitative estimate of drug-likeness (QED) is 0.637. The lowest BCUT2D eigenvalue weighted by atomic mass is 9.88. The largest absolute Gasteiger partial charge is 0.289 e. The van der Waals surface area contributed by atoms with Crippen LogP contribution in [0.15, 0.2) is 46.6 Å². The molecule has 1 saturated carbocycles. The summed E-state index contributed by atoms with van der Waals surface area (Å²) < 4.78 is 0. The lowest BCUT2D eigenvalue weighted by Crippen LogP contribution is -2.12. The first-order valence-corrected chi connectivity index (χ1v) is 6.23. The van der Waals surface area contributed by atoms with Crippen molar-refractivity contribution in [3.05, 3.63) is 46.6 Å². The molecule has 0 amide bonds. The first-order valence-electron chi connectivity index (χ1n) is 6.23. The zero-order valence-corrected chi connectivity index (χ0v) is 11.3. The molecule has 0 aromatic rings. The van der Waals surface area contributed by atoms with Gasteiger partial charge in [-0.1, -0.05) is 35.5 Å². The van der Waals surface area contributed by atoms with Gasteiger partial charge in [-0.3, -0.25) is 4.79 Å². The number of rotatable bonds is 2. The van der Waals surface area contributed by atoms with Crippen molar-refractivity contribution in [2.75, 3.05) is 0 Å². The summed E-state index contributed by atoms with van der Waals surface area (Å²) in [6.07, 6.45) is 10.9. The molecule has 0 unspecified atom stereocenters. The summed E-state index contributed by atoms with van der Waals surface area (Å²) in [6.45, 7) is 8.18. The maximum absolute atomic E-state index is 12.2. The molecule has 1 fully saturated rings. The van der Waals surface area contributed by atoms with Crippen LogP contribution in [0.25, 0.3) is 0 Å². The van der Waals surface area contributed by atoms with Crippen LogP contribution in [0.4, 0.5) is 0 Å². The van der Waals surface area contributed by atoms with Gasteiger partial charge in [-0.15, -0.1) is 0 Å². The van der Waals surface area contributed by atoms with Gasteiger partial charge in [-0.2, -0.15) is 0 Å². The van der Waals surface area contributed by atoms with Crippen LogP contribution in [0, 0.1) is 0 Å². The van der Waals surface area contributed by atoms with E-state index in [9.17, 15) is 4.79 Å². The molecule has 0 radical (unpaired) electrons. The van der Waals surface area contributed by atoms with Crippen LogP contribution < -0.4 is 0 Å². The maximum Gasteiger partial charge on any atom is 0.184 e. The summed E-state index contributed by atoms with van der Waals surface area (Å²) in [7, 11) is 0. The van der Waals surface area contributed by atoms with Gasteiger partial charge in [0, 0.05) is 0 Å². The van der Waals surface area contributed by atoms with Gasteiger partial charge in [-0.05, 0) is 58.1 Å². The summed E-state index contributed by atoms with van der Waals surface area (Å²) >= 11 is 0. The second-order valence-corrected chi connectivity index (χ2v) is 5.05. The third-order valence-electron chi connectivity index (χ3n) is 2.71. The van der Waals surface area contributed by atoms with Gasteiger partial charge in [-0.25, -0.2) is 0 Å². The van der Waals surface area contributed by atoms with E-state index < -0.39 is 0 Å². The molecule has 0 heterocycles. The van der Waals surface area contributed by atoms with Crippen LogP contribution in [-0.4, -0.2) is 5.78 Å². The fourth-order valence-electron chi connectivity index (χ4n) is 1.76. The Morgan fingerprint density at radius 3 is 1.65 bits per heavy atom. The Morgan fingerprint density at radius 2 is 1.29 bits per heavy atom. The van der Waals surface area contributed by atoms with E-state index in [-0.39, 0.29) is 5.78 Å². The van der Waals surface area contributed by atoms with E-state index in [4.69, 9.17) is 0 Å². The SMILES string of the molecule is CC(C)=CC=C1CCCC(=CC=C(C)C)C1=O. The molecule has 0 saturated heterocycles. The monoisotopic (exact) mass is 230 g/mol. The highest BCUT2D eigenvalue weighted by Crippen LogP contribution is 2.25. The predicted octanol–water partition coefficient (Wildman–Crippen LogP) is 4.52. The standard InChI is InChI=1S/C16H22O/c1-12(2)8-10-14-6-5-7-15(16(14)17)11-9-13(3)4/h8-11H,5-7H2,1-4H3. The summed E-state index contributed by atoms with van der Waals surface area (Å²) in [5.74, 6) is 0.228. The van der Waals surface area contributed by atoms with Crippen molar-refractivity contribution >= 4 is 5.78 Å². The van der Waals surface area contributed by atoms with Crippen molar-refractivity contribution in [2.24, 2.45) is 0 Å². The molecule has 1 aliphatic rings. The van der Waals surface area contributed by atoms with Crippen LogP contribution >= 0.6 is 0 Å². The minimum absolute atomic E-state index is 0.228. The van der Waals surface area contributed by atoms with Crippen molar-refractivity contribution in [1.29, 1.82) is 0 Å². The average molecular weight is 230 g/mol. The normalized spacial score (nSPS) is 20.6. The van der Waals surface area contributed by atoms with Crippen molar-refractivity contribution in [2.45, 2.75) is 47.0 Å². The Bertz CT molecular complexity index is 371. The van der Waals surface area contributed by atoms with Crippen molar-refractivity contribution in [1.82, 2.24) is 0 Å². The molecule has 0 N–H and O–H groups in total. The maximum atomic E-state index is 12.2. The fraction of sp³-hybridized carbons (Fsp3) is 0.438. The minimum atomic E-state index is 0.228. The lowest BCUT2D eigenvalue weighted by Gasteiger charge is -2.15. The molecule has 0 spiro atoms. The fourth-order valence-corrected chi connectivity index (χ4v) is 1.76. The number of hydrogen-bond acceptors (Lipinski definition) is 1. The number of Topliss-reactive ketones (excluding diaryl/α,β-unsaturated/α-hetero) is 1. The number of carbonyl (C=O) groups excluding carboxylic acids is 1. The third-order valence-corrected chi connectivity index (χ3v) is 2.71. The van der Waals surface area contributed by atoms with Gasteiger partial charge < -0.3 is 0 Å². The second-order valence-electron chi connectivity index (χ2n) is 5.05. The van der Waals surface area contributed by atoms with E-state index in [0.717, 1.165) is 30.4 Å². The van der Waals surface area contributed by atoms with Gasteiger partial charge in [0.05, 0.1) is 0 Å². The van der Waals surface area contributed by atoms with E-state index in [0.29, 0.717) is 0 Å². The number of allylic oxidation sites excluding steroid dienone is 8. The molecular weight excluding hydrogens is 208 g/mol. The van der Waals surface area contributed by atoms with Gasteiger partial charge in [0.25, 0.3) is 0 Å². The molecule has 1 nitrogen and oxygen atoms in total. The van der Waals surface area contributed by atoms with Gasteiger partial charge in [0.1, 0.15) is 0 Å². The Labute approximate surface area is 105 Å². The zero-order valence-electron chi connectivity index (χ0n) is 11.3. The average Bonchev–Trinajstić information content (AvgIpc) is 2.25. The van der Waals surface area contributed by atoms with E-state index in [1.807, 2.05) is 52.0 Å². The predicted molar refractivity (Wildman–Crippen MR) is 73.9 cm³/mol. The highest BCUT2D eigenvalue weighted by atomic mass is 16.1. The smallest absolute Gasteiger partial charge is 0.184 e. The number of ketones is 1. The molecule has 0 aromatic heterocycles. The highest BCUT2D eigenvalue weighted by Gasteiger charge is 2.19. The van der Waals surface area contributed by atoms with E-state index >= 15 is 0 Å². The highest BCUT2D eigenvalue weighted by molar-refractivity contribution is 6.09. The third kappa shape index (κ3) is 4.56. The second kappa shape index (κ2) is 6.39. The topological polar surface area (TPSA) is 17.1 Å². The summed E-state index contributed by atoms with van der Waals surface area (Å²) in [6, 6.07) is 0. The molecule has 0 atom stereocenters. The number of hydrogen-bond donors (Lipinski definition) is 0. The molecule has 1 rings (SSSR count). The molecule has 0 bridgehead atoms. The Hall–Kier alpha value is -1.37. The van der Waals surface area contributed by atoms with Crippen LogP contribution in [0.3, 0.4) is 0 Å². The Kier molecular flexibility index (Phi) is 5.14. The first kappa shape index (κ1) is 13.7. The van der Waals surface area contributed by atoms with Gasteiger partial charge >= 0.3 is 0 Å². The van der Waals surface area contributed by atoms with Crippen LogP contribution in [-0.2, 0) is 4.79 Å². The first-order chi connectivity index (χ1) is 8.00. The van der Waals surface area contributed by atoms with Crippen molar-refractivity contribution < 1.29 is 4.79 Å². The zero-order chi connectivity index (χ0) is 12.8. The molecule has 92 valence electrons. The van der Waals surface area contributed by atoms with Crippen molar-refractivity contribution in [3.8, 4) is 0 Å². The van der Waals surface area contributed by atoms with Crippen LogP contribution in [0.2, 0.25) is 0 Å². The summed E-state index contributed by atoms with van der Waals surface area (Å²) in [4.78, 5) is 12.2. The van der Waals surface area contributed by atoms with Gasteiger partial charge in [0.15, 0.2) is 5.78 Å². The van der Waals surface area contributed by atoms with Gasteiger partial charge in [0.2, 0.25) is 0 Å². The van der Waals surface area contributed by atoms with E-state index in [1.54, 1.807) is 0 Å². The number of carbonyl (C=O) groups is 1. The summed E-state index contributed by atoms with van der Waals surface area (Å²) in [5.41, 5.74) is 4.35. The van der Waals surface area contributed by atoms with Crippen molar-refractivity contribution in [3.63, 3.8) is 0 Å². The van der Waals surface area contributed by atoms with Crippen LogP contribution in [0.5, 0.6) is 0 Å². The Morgan fingerprint density at radius 1 is 0.882 bits per heavy atom. The molecule has 0 aromatic carbocycles. The molecule has 0 aliphatic heterocycles. The summed E-state index contributed by atoms with van der Waals surface area (Å²) in [5, 5.41) is 0. The Balaban J connectivity index is 2.90. The molecule has 1 heteroatoms. The molecule has 1 aliphatic carbocycles. The van der Waals surface area contributed by atoms with E-state index in [2.05, 4.69) is 0 Å². The minimum Gasteiger partial charge on any atom is -0.289 e. The lowest BCUT2D eigenvalue weighted by molar-refractivity contribution is -0.113. The molecule has 17 heavy (non-hydrogen) atoms.